The number of nitrogens with zero attached hydrogens (tertiary/aromatic N) is 1. The normalized spacial score (nSPS) is 24.7. The summed E-state index contributed by atoms with van der Waals surface area (Å²) in [4.78, 5) is 29.3. The molecule has 0 spiro atoms. The van der Waals surface area contributed by atoms with Gasteiger partial charge in [0.25, 0.3) is 0 Å². The number of amides is 2. The van der Waals surface area contributed by atoms with Gasteiger partial charge in [0.2, 0.25) is 11.8 Å². The van der Waals surface area contributed by atoms with Crippen molar-refractivity contribution in [3.05, 3.63) is 60.2 Å². The lowest BCUT2D eigenvalue weighted by molar-refractivity contribution is -0.140. The molecule has 10 nitrogen and oxygen atoms in total. The number of hydrogen-bond acceptors (Lipinski definition) is 7. The van der Waals surface area contributed by atoms with Crippen LogP contribution in [0.3, 0.4) is 0 Å². The summed E-state index contributed by atoms with van der Waals surface area (Å²) in [6.07, 6.45) is 6.53. The molecule has 2 aliphatic carbocycles. The van der Waals surface area contributed by atoms with Crippen molar-refractivity contribution in [2.24, 2.45) is 23.7 Å². The van der Waals surface area contributed by atoms with Crippen molar-refractivity contribution >= 4 is 58.2 Å². The molecule has 5 N–H and O–H groups in total. The number of ether oxygens (including phenoxy) is 2. The molecule has 3 fully saturated rings. The summed E-state index contributed by atoms with van der Waals surface area (Å²) in [6, 6.07) is 11.9. The zero-order valence-electron chi connectivity index (χ0n) is 28.4. The number of halogens is 2. The summed E-state index contributed by atoms with van der Waals surface area (Å²) in [5, 5.41) is 15.7. The Labute approximate surface area is 303 Å². The summed E-state index contributed by atoms with van der Waals surface area (Å²) in [5.74, 6) is -2.34. The second-order valence-electron chi connectivity index (χ2n) is 13.1. The van der Waals surface area contributed by atoms with Crippen LogP contribution in [0.4, 0.5) is 20.2 Å². The van der Waals surface area contributed by atoms with Crippen LogP contribution >= 0.6 is 24.4 Å². The number of carbonyl (C=O) groups is 2. The number of carbonyl (C=O) groups excluding carboxylic acids is 2. The predicted octanol–water partition coefficient (Wildman–Crippen LogP) is 4.85. The first-order chi connectivity index (χ1) is 24.3. The van der Waals surface area contributed by atoms with Gasteiger partial charge in [0.1, 0.15) is 11.6 Å². The number of anilines is 2. The largest absolute Gasteiger partial charge is 0.361 e. The summed E-state index contributed by atoms with van der Waals surface area (Å²) < 4.78 is 39.4. The van der Waals surface area contributed by atoms with Crippen LogP contribution < -0.4 is 31.5 Å². The van der Waals surface area contributed by atoms with Gasteiger partial charge in [0.05, 0.1) is 36.2 Å². The molecular weight excluding hydrogens is 683 g/mol. The molecule has 2 saturated carbocycles. The Hall–Kier alpha value is -3.30. The Kier molecular flexibility index (Phi) is 14.3. The van der Waals surface area contributed by atoms with Gasteiger partial charge in [-0.15, -0.1) is 0 Å². The Morgan fingerprint density at radius 2 is 1.38 bits per heavy atom. The standard InChI is InChI=1S/C36H48F2N6O4S2/c1-2-3-4-5-6-7-29-47-32-27-20-28(33(32)48-29)31(35(46)41-18-19-42-36(50)43-25-12-8-23(37)9-13-25)30(27)34(45)40-17-16-39-21-44(22-49)26-14-10-24(38)11-15-26/h8-15,22,27-33,39H,2-7,16-21H2,1H3,(H,40,45)(H,41,46)(H2,42,43,50). The fourth-order valence-corrected chi connectivity index (χ4v) is 7.83. The SMILES string of the molecule is CCCCCCCC1OC2C3CC(C2O1)C(C(=O)NCCNC(=S)Nc1ccc(F)cc1)C3C(=O)NCCNCN(C=S)c1ccc(F)cc1. The highest BCUT2D eigenvalue weighted by molar-refractivity contribution is 7.80. The third kappa shape index (κ3) is 9.93. The van der Waals surface area contributed by atoms with E-state index in [0.717, 1.165) is 24.9 Å². The van der Waals surface area contributed by atoms with E-state index in [2.05, 4.69) is 33.5 Å². The molecule has 2 aromatic rings. The van der Waals surface area contributed by atoms with Gasteiger partial charge in [-0.3, -0.25) is 14.9 Å². The van der Waals surface area contributed by atoms with E-state index in [9.17, 15) is 18.4 Å². The third-order valence-corrected chi connectivity index (χ3v) is 10.3. The van der Waals surface area contributed by atoms with Gasteiger partial charge in [-0.2, -0.15) is 0 Å². The highest BCUT2D eigenvalue weighted by Crippen LogP contribution is 2.57. The lowest BCUT2D eigenvalue weighted by Gasteiger charge is -2.34. The van der Waals surface area contributed by atoms with E-state index in [4.69, 9.17) is 33.9 Å². The first-order valence-corrected chi connectivity index (χ1v) is 18.5. The second-order valence-corrected chi connectivity index (χ2v) is 13.7. The number of unbranched alkanes of at least 4 members (excludes halogenated alkanes) is 4. The first-order valence-electron chi connectivity index (χ1n) is 17.6. The van der Waals surface area contributed by atoms with E-state index in [-0.39, 0.29) is 53.8 Å². The first kappa shape index (κ1) is 37.9. The van der Waals surface area contributed by atoms with E-state index < -0.39 is 11.8 Å². The number of rotatable bonds is 19. The molecule has 5 rings (SSSR count). The van der Waals surface area contributed by atoms with Crippen LogP contribution in [0.2, 0.25) is 0 Å². The highest BCUT2D eigenvalue weighted by atomic mass is 32.1. The number of fused-ring (bicyclic) bond motifs is 5. The monoisotopic (exact) mass is 730 g/mol. The van der Waals surface area contributed by atoms with Gasteiger partial charge < -0.3 is 35.6 Å². The van der Waals surface area contributed by atoms with E-state index in [1.807, 2.05) is 0 Å². The Morgan fingerprint density at radius 3 is 1.98 bits per heavy atom. The quantitative estimate of drug-likeness (QED) is 0.0782. The molecule has 1 heterocycles. The van der Waals surface area contributed by atoms with Crippen molar-refractivity contribution < 1.29 is 27.8 Å². The van der Waals surface area contributed by atoms with E-state index >= 15 is 0 Å². The molecule has 7 atom stereocenters. The maximum Gasteiger partial charge on any atom is 0.224 e. The van der Waals surface area contributed by atoms with Gasteiger partial charge in [-0.05, 0) is 80.0 Å². The van der Waals surface area contributed by atoms with Crippen molar-refractivity contribution in [1.29, 1.82) is 0 Å². The zero-order chi connectivity index (χ0) is 35.5. The Morgan fingerprint density at radius 1 is 0.820 bits per heavy atom. The molecule has 2 bridgehead atoms. The molecule has 3 aliphatic rings. The van der Waals surface area contributed by atoms with Crippen molar-refractivity contribution in [3.63, 3.8) is 0 Å². The number of thiocarbonyl (C=S) groups is 2. The lowest BCUT2D eigenvalue weighted by atomic mass is 9.75. The van der Waals surface area contributed by atoms with Crippen molar-refractivity contribution in [1.82, 2.24) is 21.3 Å². The summed E-state index contributed by atoms with van der Waals surface area (Å²) in [5.41, 5.74) is 2.89. The summed E-state index contributed by atoms with van der Waals surface area (Å²) in [6.45, 7) is 4.06. The molecule has 272 valence electrons. The minimum Gasteiger partial charge on any atom is -0.361 e. The van der Waals surface area contributed by atoms with Crippen LogP contribution in [-0.2, 0) is 19.1 Å². The minimum atomic E-state index is -0.547. The molecule has 7 unspecified atom stereocenters. The smallest absolute Gasteiger partial charge is 0.224 e. The van der Waals surface area contributed by atoms with Gasteiger partial charge in [0.15, 0.2) is 11.4 Å². The fraction of sp³-hybridized carbons (Fsp3) is 0.556. The van der Waals surface area contributed by atoms with Crippen LogP contribution in [0.1, 0.15) is 51.9 Å². The minimum absolute atomic E-state index is 0.117. The van der Waals surface area contributed by atoms with Crippen LogP contribution in [0.25, 0.3) is 0 Å². The van der Waals surface area contributed by atoms with Gasteiger partial charge >= 0.3 is 0 Å². The molecule has 1 saturated heterocycles. The lowest BCUT2D eigenvalue weighted by Crippen LogP contribution is -2.53. The summed E-state index contributed by atoms with van der Waals surface area (Å²) in [7, 11) is 0. The number of nitrogens with one attached hydrogen (secondary N) is 5. The molecule has 2 amide bonds. The fourth-order valence-electron chi connectivity index (χ4n) is 7.41. The van der Waals surface area contributed by atoms with Crippen LogP contribution in [0.15, 0.2) is 48.5 Å². The van der Waals surface area contributed by atoms with Gasteiger partial charge in [-0.1, -0.05) is 44.8 Å². The molecule has 50 heavy (non-hydrogen) atoms. The second kappa shape index (κ2) is 18.8. The molecule has 2 aromatic carbocycles. The Bertz CT molecular complexity index is 1440. The average molecular weight is 731 g/mol. The molecule has 14 heteroatoms. The maximum atomic E-state index is 13.8. The van der Waals surface area contributed by atoms with Crippen molar-refractivity contribution in [3.8, 4) is 0 Å². The van der Waals surface area contributed by atoms with Crippen LogP contribution in [0.5, 0.6) is 0 Å². The molecule has 1 aliphatic heterocycles. The van der Waals surface area contributed by atoms with Gasteiger partial charge in [0, 0.05) is 49.4 Å². The van der Waals surface area contributed by atoms with E-state index in [1.165, 1.54) is 49.0 Å². The van der Waals surface area contributed by atoms with Gasteiger partial charge in [-0.25, -0.2) is 8.78 Å². The maximum absolute atomic E-state index is 13.8. The molecular formula is C36H48F2N6O4S2. The third-order valence-electron chi connectivity index (χ3n) is 9.77. The highest BCUT2D eigenvalue weighted by Gasteiger charge is 2.66. The predicted molar refractivity (Wildman–Crippen MR) is 198 cm³/mol. The Balaban J connectivity index is 1.13. The van der Waals surface area contributed by atoms with E-state index in [1.54, 1.807) is 29.2 Å². The number of hydrogen-bond donors (Lipinski definition) is 5. The van der Waals surface area contributed by atoms with E-state index in [0.29, 0.717) is 50.1 Å². The van der Waals surface area contributed by atoms with Crippen molar-refractivity contribution in [2.75, 3.05) is 43.1 Å². The van der Waals surface area contributed by atoms with Crippen LogP contribution in [-0.4, -0.2) is 73.8 Å². The topological polar surface area (TPSA) is 116 Å². The van der Waals surface area contributed by atoms with Crippen molar-refractivity contribution in [2.45, 2.75) is 70.4 Å². The molecule has 0 radical (unpaired) electrons. The zero-order valence-corrected chi connectivity index (χ0v) is 30.0. The average Bonchev–Trinajstić information content (AvgIpc) is 3.81. The molecule has 0 aromatic heterocycles. The number of benzene rings is 2. The van der Waals surface area contributed by atoms with Crippen LogP contribution in [0, 0.1) is 35.3 Å². The summed E-state index contributed by atoms with van der Waals surface area (Å²) >= 11 is 10.5.